The minimum Gasteiger partial charge on any atom is -0.302 e. The van der Waals surface area contributed by atoms with Crippen LogP contribution in [0.5, 0.6) is 0 Å². The summed E-state index contributed by atoms with van der Waals surface area (Å²) in [5.41, 5.74) is 0.891. The van der Waals surface area contributed by atoms with Crippen molar-refractivity contribution in [2.24, 2.45) is 4.99 Å². The SMILES string of the molecule is C#CCn1c(=NC(=O)Cc2ccc(Cl)cc2)sc2cc(F)cc(F)c21. The quantitative estimate of drug-likeness (QED) is 0.637. The van der Waals surface area contributed by atoms with Crippen molar-refractivity contribution in [1.82, 2.24) is 4.57 Å². The molecule has 0 spiro atoms. The first-order valence-electron chi connectivity index (χ1n) is 7.22. The van der Waals surface area contributed by atoms with E-state index in [0.717, 1.165) is 23.0 Å². The fraction of sp³-hybridized carbons (Fsp3) is 0.111. The molecule has 2 aromatic carbocycles. The average Bonchev–Trinajstić information content (AvgIpc) is 2.87. The van der Waals surface area contributed by atoms with E-state index >= 15 is 0 Å². The third-order valence-electron chi connectivity index (χ3n) is 3.43. The standard InChI is InChI=1S/C18H11ClF2N2OS/c1-2-7-23-17-14(21)9-13(20)10-15(17)25-18(23)22-16(24)8-11-3-5-12(19)6-4-11/h1,3-6,9-10H,7-8H2. The Kier molecular flexibility index (Phi) is 4.98. The molecule has 0 aliphatic heterocycles. The van der Waals surface area contributed by atoms with Crippen LogP contribution in [0.2, 0.25) is 5.02 Å². The molecule has 0 fully saturated rings. The highest BCUT2D eigenvalue weighted by molar-refractivity contribution is 7.16. The molecule has 1 amide bonds. The maximum atomic E-state index is 14.1. The summed E-state index contributed by atoms with van der Waals surface area (Å²) in [6.45, 7) is 0.0234. The second-order valence-electron chi connectivity index (χ2n) is 5.22. The van der Waals surface area contributed by atoms with E-state index in [1.807, 2.05) is 0 Å². The Bertz CT molecular complexity index is 1060. The van der Waals surface area contributed by atoms with Gasteiger partial charge in [0.25, 0.3) is 5.91 Å². The normalized spacial score (nSPS) is 11.7. The molecule has 25 heavy (non-hydrogen) atoms. The predicted octanol–water partition coefficient (Wildman–Crippen LogP) is 3.94. The van der Waals surface area contributed by atoms with E-state index in [4.69, 9.17) is 18.0 Å². The number of hydrogen-bond acceptors (Lipinski definition) is 2. The monoisotopic (exact) mass is 376 g/mol. The molecule has 0 unspecified atom stereocenters. The van der Waals surface area contributed by atoms with Gasteiger partial charge in [0.2, 0.25) is 0 Å². The first-order valence-corrected chi connectivity index (χ1v) is 8.41. The van der Waals surface area contributed by atoms with Gasteiger partial charge in [-0.2, -0.15) is 4.99 Å². The van der Waals surface area contributed by atoms with Crippen LogP contribution in [0.1, 0.15) is 5.56 Å². The van der Waals surface area contributed by atoms with E-state index in [0.29, 0.717) is 9.72 Å². The van der Waals surface area contributed by atoms with Crippen molar-refractivity contribution in [2.45, 2.75) is 13.0 Å². The summed E-state index contributed by atoms with van der Waals surface area (Å²) in [7, 11) is 0. The van der Waals surface area contributed by atoms with Crippen molar-refractivity contribution < 1.29 is 13.6 Å². The minimum absolute atomic E-state index is 0.0234. The summed E-state index contributed by atoms with van der Waals surface area (Å²) >= 11 is 6.82. The molecule has 0 N–H and O–H groups in total. The molecule has 0 saturated carbocycles. The molecule has 3 rings (SSSR count). The van der Waals surface area contributed by atoms with Gasteiger partial charge >= 0.3 is 0 Å². The lowest BCUT2D eigenvalue weighted by molar-refractivity contribution is -0.117. The zero-order valence-electron chi connectivity index (χ0n) is 12.8. The number of rotatable bonds is 3. The number of terminal acetylenes is 1. The van der Waals surface area contributed by atoms with Crippen LogP contribution in [0.25, 0.3) is 10.2 Å². The van der Waals surface area contributed by atoms with E-state index in [1.54, 1.807) is 24.3 Å². The summed E-state index contributed by atoms with van der Waals surface area (Å²) in [4.78, 5) is 16.5. The Hall–Kier alpha value is -2.49. The molecule has 0 aliphatic rings. The minimum atomic E-state index is -0.742. The molecule has 0 atom stereocenters. The third kappa shape index (κ3) is 3.78. The Balaban J connectivity index is 2.04. The van der Waals surface area contributed by atoms with Crippen LogP contribution in [0.3, 0.4) is 0 Å². The number of aromatic nitrogens is 1. The van der Waals surface area contributed by atoms with E-state index in [9.17, 15) is 13.6 Å². The lowest BCUT2D eigenvalue weighted by atomic mass is 10.1. The topological polar surface area (TPSA) is 34.4 Å². The molecule has 0 bridgehead atoms. The number of fused-ring (bicyclic) bond motifs is 1. The number of carbonyl (C=O) groups is 1. The largest absolute Gasteiger partial charge is 0.302 e. The summed E-state index contributed by atoms with van der Waals surface area (Å²) in [6, 6.07) is 8.79. The molecule has 0 saturated heterocycles. The Labute approximate surface area is 151 Å². The van der Waals surface area contributed by atoms with Crippen molar-refractivity contribution in [3.8, 4) is 12.3 Å². The second kappa shape index (κ2) is 7.18. The van der Waals surface area contributed by atoms with Gasteiger partial charge in [-0.05, 0) is 23.8 Å². The molecule has 3 nitrogen and oxygen atoms in total. The fourth-order valence-electron chi connectivity index (χ4n) is 2.38. The molecule has 0 aliphatic carbocycles. The van der Waals surface area contributed by atoms with Gasteiger partial charge in [0.1, 0.15) is 5.82 Å². The molecule has 1 aromatic heterocycles. The lowest BCUT2D eigenvalue weighted by Crippen LogP contribution is -2.17. The van der Waals surface area contributed by atoms with E-state index in [2.05, 4.69) is 10.9 Å². The molecule has 126 valence electrons. The van der Waals surface area contributed by atoms with Crippen LogP contribution in [0.4, 0.5) is 8.78 Å². The fourth-order valence-corrected chi connectivity index (χ4v) is 3.59. The van der Waals surface area contributed by atoms with Crippen molar-refractivity contribution in [2.75, 3.05) is 0 Å². The van der Waals surface area contributed by atoms with Crippen molar-refractivity contribution in [3.05, 3.63) is 63.4 Å². The molecule has 1 heterocycles. The summed E-state index contributed by atoms with van der Waals surface area (Å²) < 4.78 is 29.3. The first-order chi connectivity index (χ1) is 12.0. The van der Waals surface area contributed by atoms with Gasteiger partial charge < -0.3 is 4.57 Å². The highest BCUT2D eigenvalue weighted by atomic mass is 35.5. The molecule has 3 aromatic rings. The number of halogens is 3. The van der Waals surface area contributed by atoms with Crippen LogP contribution in [0.15, 0.2) is 41.4 Å². The number of hydrogen-bond donors (Lipinski definition) is 0. The Morgan fingerprint density at radius 3 is 2.68 bits per heavy atom. The van der Waals surface area contributed by atoms with Gasteiger partial charge in [-0.1, -0.05) is 41.0 Å². The number of carbonyl (C=O) groups excluding carboxylic acids is 1. The Morgan fingerprint density at radius 1 is 1.28 bits per heavy atom. The summed E-state index contributed by atoms with van der Waals surface area (Å²) in [5, 5.41) is 0.571. The number of benzene rings is 2. The Morgan fingerprint density at radius 2 is 2.00 bits per heavy atom. The van der Waals surface area contributed by atoms with Gasteiger partial charge in [0.15, 0.2) is 10.6 Å². The van der Waals surface area contributed by atoms with E-state index in [-0.39, 0.29) is 23.3 Å². The van der Waals surface area contributed by atoms with E-state index < -0.39 is 17.5 Å². The summed E-state index contributed by atoms with van der Waals surface area (Å²) in [6.07, 6.45) is 5.39. The molecular weight excluding hydrogens is 366 g/mol. The summed E-state index contributed by atoms with van der Waals surface area (Å²) in [5.74, 6) is 0.542. The number of nitrogens with zero attached hydrogens (tertiary/aromatic N) is 2. The maximum Gasteiger partial charge on any atom is 0.252 e. The van der Waals surface area contributed by atoms with Gasteiger partial charge in [0, 0.05) is 11.1 Å². The zero-order chi connectivity index (χ0) is 18.0. The van der Waals surface area contributed by atoms with Gasteiger partial charge in [0.05, 0.1) is 23.2 Å². The van der Waals surface area contributed by atoms with Crippen LogP contribution in [0, 0.1) is 24.0 Å². The predicted molar refractivity (Wildman–Crippen MR) is 94.3 cm³/mol. The molecule has 0 radical (unpaired) electrons. The third-order valence-corrected chi connectivity index (χ3v) is 4.71. The smallest absolute Gasteiger partial charge is 0.252 e. The second-order valence-corrected chi connectivity index (χ2v) is 6.66. The van der Waals surface area contributed by atoms with Gasteiger partial charge in [-0.15, -0.1) is 6.42 Å². The number of thiazole rings is 1. The average molecular weight is 377 g/mol. The first kappa shape index (κ1) is 17.3. The molecular formula is C18H11ClF2N2OS. The maximum absolute atomic E-state index is 14.1. The highest BCUT2D eigenvalue weighted by Crippen LogP contribution is 2.22. The van der Waals surface area contributed by atoms with Crippen LogP contribution in [-0.2, 0) is 17.8 Å². The highest BCUT2D eigenvalue weighted by Gasteiger charge is 2.13. The number of amides is 1. The van der Waals surface area contributed by atoms with Crippen LogP contribution < -0.4 is 4.80 Å². The van der Waals surface area contributed by atoms with Crippen molar-refractivity contribution in [1.29, 1.82) is 0 Å². The van der Waals surface area contributed by atoms with Crippen LogP contribution in [-0.4, -0.2) is 10.5 Å². The van der Waals surface area contributed by atoms with Gasteiger partial charge in [-0.3, -0.25) is 4.79 Å². The van der Waals surface area contributed by atoms with Crippen molar-refractivity contribution in [3.63, 3.8) is 0 Å². The van der Waals surface area contributed by atoms with E-state index in [1.165, 1.54) is 10.6 Å². The van der Waals surface area contributed by atoms with Gasteiger partial charge in [-0.25, -0.2) is 8.78 Å². The van der Waals surface area contributed by atoms with Crippen molar-refractivity contribution >= 4 is 39.1 Å². The lowest BCUT2D eigenvalue weighted by Gasteiger charge is -2.01. The molecule has 7 heteroatoms. The zero-order valence-corrected chi connectivity index (χ0v) is 14.4. The van der Waals surface area contributed by atoms with Crippen LogP contribution >= 0.6 is 22.9 Å².